The predicted molar refractivity (Wildman–Crippen MR) is 84.5 cm³/mol. The average Bonchev–Trinajstić information content (AvgIpc) is 2.51. The highest BCUT2D eigenvalue weighted by molar-refractivity contribution is 5.84. The number of amides is 1. The van der Waals surface area contributed by atoms with E-state index in [0.29, 0.717) is 12.5 Å². The average molecular weight is 299 g/mol. The van der Waals surface area contributed by atoms with Gasteiger partial charge in [0.05, 0.1) is 13.2 Å². The van der Waals surface area contributed by atoms with Crippen LogP contribution in [0.3, 0.4) is 0 Å². The molecular weight excluding hydrogens is 270 g/mol. The van der Waals surface area contributed by atoms with E-state index < -0.39 is 0 Å². The first-order valence-corrected chi connectivity index (χ1v) is 7.85. The third-order valence-corrected chi connectivity index (χ3v) is 3.12. The molecule has 7 nitrogen and oxygen atoms in total. The quantitative estimate of drug-likeness (QED) is 0.412. The van der Waals surface area contributed by atoms with Gasteiger partial charge in [-0.15, -0.1) is 0 Å². The Hall–Kier alpha value is -1.34. The van der Waals surface area contributed by atoms with Gasteiger partial charge in [-0.2, -0.15) is 0 Å². The lowest BCUT2D eigenvalue weighted by atomic mass is 10.4. The number of aliphatic imine (C=N–C) groups is 1. The maximum absolute atomic E-state index is 11.5. The van der Waals surface area contributed by atoms with Crippen molar-refractivity contribution in [1.82, 2.24) is 20.9 Å². The lowest BCUT2D eigenvalue weighted by Crippen LogP contribution is -2.44. The zero-order valence-corrected chi connectivity index (χ0v) is 13.3. The van der Waals surface area contributed by atoms with Crippen molar-refractivity contribution in [2.24, 2.45) is 4.99 Å². The number of nitrogens with one attached hydrogen (secondary N) is 3. The van der Waals surface area contributed by atoms with Crippen molar-refractivity contribution >= 4 is 11.9 Å². The van der Waals surface area contributed by atoms with E-state index in [0.717, 1.165) is 52.4 Å². The topological polar surface area (TPSA) is 78.0 Å². The van der Waals surface area contributed by atoms with Crippen molar-refractivity contribution < 1.29 is 9.53 Å². The Bertz CT molecular complexity index is 316. The molecule has 1 fully saturated rings. The van der Waals surface area contributed by atoms with Crippen LogP contribution in [0.2, 0.25) is 0 Å². The summed E-state index contributed by atoms with van der Waals surface area (Å²) in [6.07, 6.45) is 0.938. The third kappa shape index (κ3) is 8.52. The highest BCUT2D eigenvalue weighted by Gasteiger charge is 2.09. The highest BCUT2D eigenvalue weighted by atomic mass is 16.5. The Labute approximate surface area is 127 Å². The number of carbonyl (C=O) groups is 1. The first-order valence-electron chi connectivity index (χ1n) is 7.85. The standard InChI is InChI=1S/C14H29N5O2/c1-3-5-16-13(20)12-18-14(15-4-2)17-6-7-19-8-10-21-11-9-19/h3-12H2,1-2H3,(H,16,20)(H2,15,17,18). The van der Waals surface area contributed by atoms with Crippen LogP contribution in [-0.4, -0.2) is 75.8 Å². The minimum absolute atomic E-state index is 0.0396. The number of carbonyl (C=O) groups excluding carboxylic acids is 1. The summed E-state index contributed by atoms with van der Waals surface area (Å²) in [5, 5.41) is 9.22. The largest absolute Gasteiger partial charge is 0.379 e. The first kappa shape index (κ1) is 17.7. The monoisotopic (exact) mass is 299 g/mol. The second-order valence-corrected chi connectivity index (χ2v) is 4.93. The van der Waals surface area contributed by atoms with Crippen LogP contribution in [-0.2, 0) is 9.53 Å². The predicted octanol–water partition coefficient (Wildman–Crippen LogP) is -0.600. The molecule has 122 valence electrons. The summed E-state index contributed by atoms with van der Waals surface area (Å²) in [6.45, 7) is 11.0. The first-order chi connectivity index (χ1) is 10.3. The van der Waals surface area contributed by atoms with E-state index in [9.17, 15) is 4.79 Å². The Morgan fingerprint density at radius 2 is 1.90 bits per heavy atom. The van der Waals surface area contributed by atoms with Crippen LogP contribution in [0.1, 0.15) is 20.3 Å². The van der Waals surface area contributed by atoms with Gasteiger partial charge in [-0.05, 0) is 13.3 Å². The van der Waals surface area contributed by atoms with Gasteiger partial charge < -0.3 is 20.7 Å². The number of nitrogens with zero attached hydrogens (tertiary/aromatic N) is 2. The van der Waals surface area contributed by atoms with Crippen molar-refractivity contribution in [2.75, 3.05) is 59.0 Å². The molecule has 1 aliphatic heterocycles. The molecular formula is C14H29N5O2. The molecule has 1 rings (SSSR count). The van der Waals surface area contributed by atoms with E-state index in [4.69, 9.17) is 4.74 Å². The summed E-state index contributed by atoms with van der Waals surface area (Å²) in [5.41, 5.74) is 0. The molecule has 3 N–H and O–H groups in total. The fourth-order valence-electron chi connectivity index (χ4n) is 1.97. The summed E-state index contributed by atoms with van der Waals surface area (Å²) in [6, 6.07) is 0. The Morgan fingerprint density at radius 3 is 2.57 bits per heavy atom. The van der Waals surface area contributed by atoms with Crippen LogP contribution in [0.4, 0.5) is 0 Å². The second kappa shape index (κ2) is 11.3. The smallest absolute Gasteiger partial charge is 0.241 e. The summed E-state index contributed by atoms with van der Waals surface area (Å²) in [5.74, 6) is 0.652. The van der Waals surface area contributed by atoms with Crippen LogP contribution in [0.5, 0.6) is 0 Å². The number of ether oxygens (including phenoxy) is 1. The van der Waals surface area contributed by atoms with E-state index in [1.165, 1.54) is 0 Å². The minimum Gasteiger partial charge on any atom is -0.379 e. The molecule has 1 amide bonds. The normalized spacial score (nSPS) is 16.6. The summed E-state index contributed by atoms with van der Waals surface area (Å²) < 4.78 is 5.32. The van der Waals surface area contributed by atoms with Crippen LogP contribution < -0.4 is 16.0 Å². The molecule has 1 saturated heterocycles. The van der Waals surface area contributed by atoms with Gasteiger partial charge in [0.1, 0.15) is 6.54 Å². The zero-order chi connectivity index (χ0) is 15.3. The van der Waals surface area contributed by atoms with E-state index in [1.54, 1.807) is 0 Å². The molecule has 0 radical (unpaired) electrons. The van der Waals surface area contributed by atoms with Crippen molar-refractivity contribution in [3.63, 3.8) is 0 Å². The molecule has 0 bridgehead atoms. The molecule has 0 aliphatic carbocycles. The van der Waals surface area contributed by atoms with E-state index >= 15 is 0 Å². The fourth-order valence-corrected chi connectivity index (χ4v) is 1.97. The maximum atomic E-state index is 11.5. The van der Waals surface area contributed by atoms with Gasteiger partial charge in [-0.3, -0.25) is 9.69 Å². The third-order valence-electron chi connectivity index (χ3n) is 3.12. The van der Waals surface area contributed by atoms with Gasteiger partial charge in [0.15, 0.2) is 5.96 Å². The second-order valence-electron chi connectivity index (χ2n) is 4.93. The molecule has 0 aromatic carbocycles. The van der Waals surface area contributed by atoms with Crippen molar-refractivity contribution in [3.8, 4) is 0 Å². The number of rotatable bonds is 8. The van der Waals surface area contributed by atoms with Crippen molar-refractivity contribution in [1.29, 1.82) is 0 Å². The van der Waals surface area contributed by atoms with Crippen molar-refractivity contribution in [2.45, 2.75) is 20.3 Å². The summed E-state index contributed by atoms with van der Waals surface area (Å²) in [7, 11) is 0. The SMILES string of the molecule is CCCNC(=O)CN=C(NCC)NCCN1CCOCC1. The molecule has 0 aromatic heterocycles. The lowest BCUT2D eigenvalue weighted by molar-refractivity contribution is -0.119. The van der Waals surface area contributed by atoms with Crippen LogP contribution in [0.15, 0.2) is 4.99 Å². The molecule has 0 spiro atoms. The van der Waals surface area contributed by atoms with Crippen LogP contribution >= 0.6 is 0 Å². The Kier molecular flexibility index (Phi) is 9.56. The molecule has 7 heteroatoms. The minimum atomic E-state index is -0.0396. The van der Waals surface area contributed by atoms with Gasteiger partial charge in [-0.25, -0.2) is 4.99 Å². The Balaban J connectivity index is 2.25. The van der Waals surface area contributed by atoms with E-state index in [1.807, 2.05) is 13.8 Å². The molecule has 0 unspecified atom stereocenters. The molecule has 1 heterocycles. The number of morpholine rings is 1. The van der Waals surface area contributed by atoms with Gasteiger partial charge in [0.25, 0.3) is 0 Å². The lowest BCUT2D eigenvalue weighted by Gasteiger charge is -2.26. The number of hydrogen-bond acceptors (Lipinski definition) is 4. The molecule has 0 atom stereocenters. The van der Waals surface area contributed by atoms with Gasteiger partial charge >= 0.3 is 0 Å². The van der Waals surface area contributed by atoms with Gasteiger partial charge in [0.2, 0.25) is 5.91 Å². The number of hydrogen-bond donors (Lipinski definition) is 3. The van der Waals surface area contributed by atoms with Gasteiger partial charge in [-0.1, -0.05) is 6.92 Å². The molecule has 21 heavy (non-hydrogen) atoms. The summed E-state index contributed by atoms with van der Waals surface area (Å²) >= 11 is 0. The van der Waals surface area contributed by atoms with Crippen LogP contribution in [0.25, 0.3) is 0 Å². The Morgan fingerprint density at radius 1 is 1.14 bits per heavy atom. The van der Waals surface area contributed by atoms with E-state index in [-0.39, 0.29) is 12.5 Å². The maximum Gasteiger partial charge on any atom is 0.241 e. The van der Waals surface area contributed by atoms with Crippen LogP contribution in [0, 0.1) is 0 Å². The molecule has 0 saturated carbocycles. The van der Waals surface area contributed by atoms with Gasteiger partial charge in [0, 0.05) is 39.3 Å². The molecule has 0 aromatic rings. The van der Waals surface area contributed by atoms with Crippen molar-refractivity contribution in [3.05, 3.63) is 0 Å². The highest BCUT2D eigenvalue weighted by Crippen LogP contribution is 1.94. The zero-order valence-electron chi connectivity index (χ0n) is 13.3. The molecule has 1 aliphatic rings. The van der Waals surface area contributed by atoms with E-state index in [2.05, 4.69) is 25.8 Å². The summed E-state index contributed by atoms with van der Waals surface area (Å²) in [4.78, 5) is 18.2. The number of guanidine groups is 1. The fraction of sp³-hybridized carbons (Fsp3) is 0.857.